The number of aromatic amines is 1. The fourth-order valence-electron chi connectivity index (χ4n) is 2.71. The third kappa shape index (κ3) is 3.27. The van der Waals surface area contributed by atoms with Gasteiger partial charge < -0.3 is 10.7 Å². The van der Waals surface area contributed by atoms with Crippen LogP contribution in [0.2, 0.25) is 0 Å². The Morgan fingerprint density at radius 3 is 2.25 bits per heavy atom. The number of aryl methyl sites for hydroxylation is 1. The normalized spacial score (nSPS) is 10.5. The maximum absolute atomic E-state index is 12.5. The minimum atomic E-state index is -0.440. The molecule has 0 saturated carbocycles. The molecule has 3 N–H and O–H groups in total. The van der Waals surface area contributed by atoms with Crippen LogP contribution in [0.5, 0.6) is 0 Å². The zero-order chi connectivity index (χ0) is 16.9. The molecule has 0 aliphatic carbocycles. The van der Waals surface area contributed by atoms with Crippen LogP contribution in [0.1, 0.15) is 22.3 Å². The quantitative estimate of drug-likeness (QED) is 0.708. The van der Waals surface area contributed by atoms with Crippen molar-refractivity contribution < 1.29 is 4.79 Å². The molecule has 0 unspecified atom stereocenters. The Morgan fingerprint density at radius 1 is 0.958 bits per heavy atom. The maximum Gasteiger partial charge on any atom is 0.260 e. The van der Waals surface area contributed by atoms with Crippen LogP contribution in [-0.4, -0.2) is 10.8 Å². The molecule has 0 spiro atoms. The summed E-state index contributed by atoms with van der Waals surface area (Å²) in [6.45, 7) is 0. The van der Waals surface area contributed by atoms with E-state index in [0.717, 1.165) is 11.1 Å². The van der Waals surface area contributed by atoms with Crippen molar-refractivity contribution >= 4 is 11.5 Å². The minimum absolute atomic E-state index is 0.0484. The number of nitrogens with two attached hydrogens (primary N) is 1. The topological polar surface area (TPSA) is 76.0 Å². The van der Waals surface area contributed by atoms with Gasteiger partial charge in [-0.2, -0.15) is 0 Å². The summed E-state index contributed by atoms with van der Waals surface area (Å²) in [7, 11) is 0. The molecule has 24 heavy (non-hydrogen) atoms. The number of aromatic nitrogens is 1. The van der Waals surface area contributed by atoms with Gasteiger partial charge in [0.2, 0.25) is 0 Å². The molecule has 0 aliphatic heterocycles. The molecule has 120 valence electrons. The summed E-state index contributed by atoms with van der Waals surface area (Å²) in [4.78, 5) is 27.3. The molecule has 0 atom stereocenters. The zero-order valence-electron chi connectivity index (χ0n) is 13.2. The van der Waals surface area contributed by atoms with Crippen molar-refractivity contribution in [2.45, 2.75) is 12.8 Å². The third-order valence-electron chi connectivity index (χ3n) is 3.98. The molecule has 0 aliphatic rings. The molecule has 1 heterocycles. The second-order valence-corrected chi connectivity index (χ2v) is 5.59. The lowest BCUT2D eigenvalue weighted by Gasteiger charge is -2.10. The molecular weight excluding hydrogens is 300 g/mol. The summed E-state index contributed by atoms with van der Waals surface area (Å²) in [6, 6.07) is 19.2. The lowest BCUT2D eigenvalue weighted by Crippen LogP contribution is -2.21. The van der Waals surface area contributed by atoms with Crippen LogP contribution < -0.4 is 11.3 Å². The third-order valence-corrected chi connectivity index (χ3v) is 3.98. The monoisotopic (exact) mass is 318 g/mol. The largest absolute Gasteiger partial charge is 0.397 e. The van der Waals surface area contributed by atoms with Crippen molar-refractivity contribution in [3.05, 3.63) is 88.3 Å². The molecule has 2 aromatic carbocycles. The lowest BCUT2D eigenvalue weighted by atomic mass is 9.98. The Balaban J connectivity index is 1.90. The summed E-state index contributed by atoms with van der Waals surface area (Å²) in [6.07, 6.45) is 2.38. The summed E-state index contributed by atoms with van der Waals surface area (Å²) in [5, 5.41) is 0. The highest BCUT2D eigenvalue weighted by Crippen LogP contribution is 2.26. The van der Waals surface area contributed by atoms with E-state index in [1.165, 1.54) is 0 Å². The molecule has 3 aromatic rings. The second-order valence-electron chi connectivity index (χ2n) is 5.59. The summed E-state index contributed by atoms with van der Waals surface area (Å²) >= 11 is 0. The highest BCUT2D eigenvalue weighted by atomic mass is 16.1. The number of hydrogen-bond acceptors (Lipinski definition) is 3. The number of carbonyl (C=O) groups excluding carboxylic acids is 1. The van der Waals surface area contributed by atoms with Crippen molar-refractivity contribution in [1.29, 1.82) is 0 Å². The van der Waals surface area contributed by atoms with Crippen LogP contribution in [-0.2, 0) is 6.42 Å². The highest BCUT2D eigenvalue weighted by Gasteiger charge is 2.18. The Kier molecular flexibility index (Phi) is 4.57. The second kappa shape index (κ2) is 6.96. The van der Waals surface area contributed by atoms with E-state index in [1.807, 2.05) is 60.7 Å². The average Bonchev–Trinajstić information content (AvgIpc) is 2.62. The SMILES string of the molecule is Nc1c(-c2ccccc2)c[nH]c(=O)c1C(=O)CCc1ccccc1. The smallest absolute Gasteiger partial charge is 0.260 e. The first-order valence-electron chi connectivity index (χ1n) is 7.80. The standard InChI is InChI=1S/C20H18N2O2/c21-19-16(15-9-5-2-6-10-15)13-22-20(24)18(19)17(23)12-11-14-7-3-1-4-8-14/h1-10,13H,11-12H2,(H3,21,22,24). The van der Waals surface area contributed by atoms with E-state index in [9.17, 15) is 9.59 Å². The van der Waals surface area contributed by atoms with Gasteiger partial charge in [0.15, 0.2) is 5.78 Å². The van der Waals surface area contributed by atoms with E-state index in [2.05, 4.69) is 4.98 Å². The van der Waals surface area contributed by atoms with Gasteiger partial charge >= 0.3 is 0 Å². The van der Waals surface area contributed by atoms with Gasteiger partial charge in [-0.25, -0.2) is 0 Å². The van der Waals surface area contributed by atoms with Gasteiger partial charge in [0.05, 0.1) is 5.69 Å². The fraction of sp³-hybridized carbons (Fsp3) is 0.100. The van der Waals surface area contributed by atoms with E-state index in [1.54, 1.807) is 6.20 Å². The van der Waals surface area contributed by atoms with Gasteiger partial charge in [-0.3, -0.25) is 9.59 Å². The number of ketones is 1. The van der Waals surface area contributed by atoms with E-state index in [4.69, 9.17) is 5.73 Å². The number of nitrogen functional groups attached to an aromatic ring is 1. The Bertz CT molecular complexity index is 900. The number of rotatable bonds is 5. The lowest BCUT2D eigenvalue weighted by molar-refractivity contribution is 0.0982. The van der Waals surface area contributed by atoms with E-state index in [-0.39, 0.29) is 23.5 Å². The molecule has 3 rings (SSSR count). The molecule has 0 bridgehead atoms. The van der Waals surface area contributed by atoms with Crippen molar-refractivity contribution in [3.63, 3.8) is 0 Å². The Morgan fingerprint density at radius 2 is 1.58 bits per heavy atom. The first-order chi connectivity index (χ1) is 11.7. The number of carbonyl (C=O) groups is 1. The molecule has 0 amide bonds. The number of H-pyrrole nitrogens is 1. The number of benzene rings is 2. The van der Waals surface area contributed by atoms with Crippen LogP contribution >= 0.6 is 0 Å². The number of anilines is 1. The van der Waals surface area contributed by atoms with Crippen LogP contribution in [0.25, 0.3) is 11.1 Å². The van der Waals surface area contributed by atoms with E-state index in [0.29, 0.717) is 12.0 Å². The molecule has 0 radical (unpaired) electrons. The van der Waals surface area contributed by atoms with Crippen LogP contribution in [0, 0.1) is 0 Å². The van der Waals surface area contributed by atoms with Gasteiger partial charge in [-0.15, -0.1) is 0 Å². The predicted octanol–water partition coefficient (Wildman–Crippen LogP) is 3.44. The van der Waals surface area contributed by atoms with Crippen LogP contribution in [0.3, 0.4) is 0 Å². The molecule has 1 aromatic heterocycles. The maximum atomic E-state index is 12.5. The Hall–Kier alpha value is -3.14. The van der Waals surface area contributed by atoms with Gasteiger partial charge in [-0.1, -0.05) is 60.7 Å². The zero-order valence-corrected chi connectivity index (χ0v) is 13.2. The predicted molar refractivity (Wildman–Crippen MR) is 96.0 cm³/mol. The molecule has 4 heteroatoms. The minimum Gasteiger partial charge on any atom is -0.397 e. The number of hydrogen-bond donors (Lipinski definition) is 2. The molecule has 0 saturated heterocycles. The van der Waals surface area contributed by atoms with Crippen molar-refractivity contribution in [2.24, 2.45) is 0 Å². The number of nitrogens with one attached hydrogen (secondary N) is 1. The number of pyridine rings is 1. The molecule has 4 nitrogen and oxygen atoms in total. The average molecular weight is 318 g/mol. The summed E-state index contributed by atoms with van der Waals surface area (Å²) in [5.74, 6) is -0.240. The first kappa shape index (κ1) is 15.7. The van der Waals surface area contributed by atoms with Gasteiger partial charge in [0, 0.05) is 18.2 Å². The number of Topliss-reactive ketones (excluding diaryl/α,β-unsaturated/α-hetero) is 1. The summed E-state index contributed by atoms with van der Waals surface area (Å²) in [5.41, 5.74) is 8.58. The van der Waals surface area contributed by atoms with Crippen molar-refractivity contribution in [3.8, 4) is 11.1 Å². The fourth-order valence-corrected chi connectivity index (χ4v) is 2.71. The molecule has 0 fully saturated rings. The highest BCUT2D eigenvalue weighted by molar-refractivity contribution is 6.03. The van der Waals surface area contributed by atoms with Crippen molar-refractivity contribution in [2.75, 3.05) is 5.73 Å². The first-order valence-corrected chi connectivity index (χ1v) is 7.80. The van der Waals surface area contributed by atoms with Gasteiger partial charge in [0.1, 0.15) is 5.56 Å². The van der Waals surface area contributed by atoms with Crippen LogP contribution in [0.4, 0.5) is 5.69 Å². The van der Waals surface area contributed by atoms with E-state index < -0.39 is 5.56 Å². The summed E-state index contributed by atoms with van der Waals surface area (Å²) < 4.78 is 0. The van der Waals surface area contributed by atoms with Crippen molar-refractivity contribution in [1.82, 2.24) is 4.98 Å². The molecular formula is C20H18N2O2. The van der Waals surface area contributed by atoms with Gasteiger partial charge in [0.25, 0.3) is 5.56 Å². The Labute approximate surface area is 140 Å². The van der Waals surface area contributed by atoms with E-state index >= 15 is 0 Å². The van der Waals surface area contributed by atoms with Crippen LogP contribution in [0.15, 0.2) is 71.7 Å². The van der Waals surface area contributed by atoms with Gasteiger partial charge in [-0.05, 0) is 17.5 Å².